The van der Waals surface area contributed by atoms with Crippen molar-refractivity contribution < 1.29 is 19.1 Å². The zero-order chi connectivity index (χ0) is 21.5. The summed E-state index contributed by atoms with van der Waals surface area (Å²) in [6.07, 6.45) is 0.279. The van der Waals surface area contributed by atoms with Crippen LogP contribution in [0.25, 0.3) is 0 Å². The number of anilines is 2. The first-order chi connectivity index (χ1) is 14.5. The normalized spacial score (nSPS) is 10.2. The van der Waals surface area contributed by atoms with E-state index in [1.165, 1.54) is 14.2 Å². The van der Waals surface area contributed by atoms with Gasteiger partial charge in [0.2, 0.25) is 5.91 Å². The minimum Gasteiger partial charge on any atom is -0.495 e. The molecule has 0 aliphatic rings. The molecule has 2 N–H and O–H groups in total. The van der Waals surface area contributed by atoms with E-state index in [4.69, 9.17) is 21.1 Å². The number of nitrogens with one attached hydrogen (secondary N) is 2. The average molecular weight is 425 g/mol. The van der Waals surface area contributed by atoms with Gasteiger partial charge in [-0.15, -0.1) is 0 Å². The molecule has 0 bridgehead atoms. The van der Waals surface area contributed by atoms with Crippen LogP contribution in [0.2, 0.25) is 5.02 Å². The highest BCUT2D eigenvalue weighted by atomic mass is 35.5. The topological polar surface area (TPSA) is 76.7 Å². The van der Waals surface area contributed by atoms with Crippen molar-refractivity contribution in [3.8, 4) is 11.5 Å². The van der Waals surface area contributed by atoms with E-state index in [1.807, 2.05) is 30.3 Å². The molecule has 3 aromatic carbocycles. The van der Waals surface area contributed by atoms with Crippen LogP contribution in [-0.2, 0) is 11.2 Å². The third kappa shape index (κ3) is 5.30. The highest BCUT2D eigenvalue weighted by molar-refractivity contribution is 6.32. The molecule has 0 saturated heterocycles. The van der Waals surface area contributed by atoms with Gasteiger partial charge in [0, 0.05) is 23.4 Å². The summed E-state index contributed by atoms with van der Waals surface area (Å²) in [6.45, 7) is 0. The number of methoxy groups -OCH3 is 2. The molecule has 30 heavy (non-hydrogen) atoms. The van der Waals surface area contributed by atoms with Gasteiger partial charge < -0.3 is 20.1 Å². The fourth-order valence-corrected chi connectivity index (χ4v) is 3.07. The van der Waals surface area contributed by atoms with Crippen LogP contribution < -0.4 is 20.1 Å². The summed E-state index contributed by atoms with van der Waals surface area (Å²) in [4.78, 5) is 24.8. The molecule has 3 aromatic rings. The second-order valence-corrected chi connectivity index (χ2v) is 6.84. The van der Waals surface area contributed by atoms with E-state index in [2.05, 4.69) is 10.6 Å². The fraction of sp³-hybridized carbons (Fsp3) is 0.130. The van der Waals surface area contributed by atoms with Crippen molar-refractivity contribution in [1.29, 1.82) is 0 Å². The van der Waals surface area contributed by atoms with Crippen LogP contribution in [0.4, 0.5) is 11.4 Å². The van der Waals surface area contributed by atoms with Crippen molar-refractivity contribution in [2.45, 2.75) is 6.42 Å². The highest BCUT2D eigenvalue weighted by Gasteiger charge is 2.14. The maximum atomic E-state index is 12.6. The van der Waals surface area contributed by atoms with E-state index in [-0.39, 0.29) is 18.2 Å². The summed E-state index contributed by atoms with van der Waals surface area (Å²) in [5.41, 5.74) is 2.40. The zero-order valence-electron chi connectivity index (χ0n) is 16.6. The lowest BCUT2D eigenvalue weighted by molar-refractivity contribution is -0.115. The highest BCUT2D eigenvalue weighted by Crippen LogP contribution is 2.36. The number of carbonyl (C=O) groups is 2. The predicted octanol–water partition coefficient (Wildman–Crippen LogP) is 4.79. The second kappa shape index (κ2) is 9.80. The fourth-order valence-electron chi connectivity index (χ4n) is 2.84. The predicted molar refractivity (Wildman–Crippen MR) is 118 cm³/mol. The molecule has 2 amide bonds. The Morgan fingerprint density at radius 2 is 1.53 bits per heavy atom. The first-order valence-corrected chi connectivity index (χ1v) is 9.54. The molecule has 0 heterocycles. The molecule has 0 aliphatic heterocycles. The molecular weight excluding hydrogens is 404 g/mol. The molecule has 154 valence electrons. The summed E-state index contributed by atoms with van der Waals surface area (Å²) in [7, 11) is 2.98. The van der Waals surface area contributed by atoms with Crippen molar-refractivity contribution >= 4 is 34.8 Å². The Hall–Kier alpha value is -3.51. The van der Waals surface area contributed by atoms with Gasteiger partial charge in [0.15, 0.2) is 0 Å². The number of halogens is 1. The number of hydrogen-bond acceptors (Lipinski definition) is 4. The van der Waals surface area contributed by atoms with Crippen LogP contribution in [0, 0.1) is 0 Å². The maximum Gasteiger partial charge on any atom is 0.255 e. The largest absolute Gasteiger partial charge is 0.495 e. The summed E-state index contributed by atoms with van der Waals surface area (Å²) in [5, 5.41) is 5.98. The van der Waals surface area contributed by atoms with E-state index in [1.54, 1.807) is 36.4 Å². The molecule has 0 saturated carbocycles. The van der Waals surface area contributed by atoms with E-state index >= 15 is 0 Å². The van der Waals surface area contributed by atoms with Gasteiger partial charge in [-0.25, -0.2) is 0 Å². The van der Waals surface area contributed by atoms with Crippen molar-refractivity contribution in [2.24, 2.45) is 0 Å². The van der Waals surface area contributed by atoms with Crippen LogP contribution >= 0.6 is 11.6 Å². The van der Waals surface area contributed by atoms with Gasteiger partial charge in [-0.05, 0) is 29.8 Å². The molecule has 7 heteroatoms. The van der Waals surface area contributed by atoms with Crippen molar-refractivity contribution in [3.05, 3.63) is 82.9 Å². The molecule has 0 fully saturated rings. The molecule has 0 aliphatic carbocycles. The smallest absolute Gasteiger partial charge is 0.255 e. The number of rotatable bonds is 7. The number of carbonyl (C=O) groups excluding carboxylic acids is 2. The SMILES string of the molecule is COc1cc(NC(=O)c2ccc(NC(=O)Cc3ccccc3)cc2)c(OC)cc1Cl. The second-order valence-electron chi connectivity index (χ2n) is 6.43. The van der Waals surface area contributed by atoms with Gasteiger partial charge in [0.05, 0.1) is 31.4 Å². The summed E-state index contributed by atoms with van der Waals surface area (Å²) in [5.74, 6) is 0.374. The number of amides is 2. The van der Waals surface area contributed by atoms with Gasteiger partial charge in [-0.1, -0.05) is 41.9 Å². The quantitative estimate of drug-likeness (QED) is 0.571. The minimum atomic E-state index is -0.333. The Labute approximate surface area is 179 Å². The van der Waals surface area contributed by atoms with Crippen LogP contribution in [0.15, 0.2) is 66.7 Å². The molecule has 0 spiro atoms. The van der Waals surface area contributed by atoms with Gasteiger partial charge in [0.25, 0.3) is 5.91 Å². The van der Waals surface area contributed by atoms with E-state index < -0.39 is 0 Å². The van der Waals surface area contributed by atoms with Crippen molar-refractivity contribution in [1.82, 2.24) is 0 Å². The number of benzene rings is 3. The lowest BCUT2D eigenvalue weighted by atomic mass is 10.1. The molecular formula is C23H21ClN2O4. The van der Waals surface area contributed by atoms with E-state index in [0.29, 0.717) is 33.5 Å². The third-order valence-electron chi connectivity index (χ3n) is 4.36. The van der Waals surface area contributed by atoms with Crippen LogP contribution in [-0.4, -0.2) is 26.0 Å². The molecule has 6 nitrogen and oxygen atoms in total. The molecule has 3 rings (SSSR count). The standard InChI is InChI=1S/C23H21ClN2O4/c1-29-20-14-19(21(30-2)13-18(20)24)26-23(28)16-8-10-17(11-9-16)25-22(27)12-15-6-4-3-5-7-15/h3-11,13-14H,12H2,1-2H3,(H,25,27)(H,26,28). The van der Waals surface area contributed by atoms with Gasteiger partial charge in [-0.3, -0.25) is 9.59 Å². The van der Waals surface area contributed by atoms with Crippen molar-refractivity contribution in [3.63, 3.8) is 0 Å². The van der Waals surface area contributed by atoms with Gasteiger partial charge >= 0.3 is 0 Å². The first-order valence-electron chi connectivity index (χ1n) is 9.17. The van der Waals surface area contributed by atoms with Gasteiger partial charge in [-0.2, -0.15) is 0 Å². The van der Waals surface area contributed by atoms with E-state index in [0.717, 1.165) is 5.56 Å². The average Bonchev–Trinajstić information content (AvgIpc) is 2.75. The molecule has 0 atom stereocenters. The Morgan fingerprint density at radius 3 is 2.17 bits per heavy atom. The van der Waals surface area contributed by atoms with Crippen LogP contribution in [0.3, 0.4) is 0 Å². The lowest BCUT2D eigenvalue weighted by Crippen LogP contribution is -2.15. The van der Waals surface area contributed by atoms with Crippen LogP contribution in [0.1, 0.15) is 15.9 Å². The Kier molecular flexibility index (Phi) is 6.93. The first kappa shape index (κ1) is 21.2. The minimum absolute atomic E-state index is 0.128. The Balaban J connectivity index is 1.66. The summed E-state index contributed by atoms with van der Waals surface area (Å²) < 4.78 is 10.5. The molecule has 0 unspecified atom stereocenters. The Bertz CT molecular complexity index is 1040. The van der Waals surface area contributed by atoms with Crippen LogP contribution in [0.5, 0.6) is 11.5 Å². The summed E-state index contributed by atoms with van der Waals surface area (Å²) in [6, 6.07) is 19.3. The zero-order valence-corrected chi connectivity index (χ0v) is 17.3. The number of hydrogen-bond donors (Lipinski definition) is 2. The van der Waals surface area contributed by atoms with Crippen molar-refractivity contribution in [2.75, 3.05) is 24.9 Å². The van der Waals surface area contributed by atoms with E-state index in [9.17, 15) is 9.59 Å². The summed E-state index contributed by atoms with van der Waals surface area (Å²) >= 11 is 6.09. The Morgan fingerprint density at radius 1 is 0.867 bits per heavy atom. The lowest BCUT2D eigenvalue weighted by Gasteiger charge is -2.13. The van der Waals surface area contributed by atoms with Gasteiger partial charge in [0.1, 0.15) is 11.5 Å². The third-order valence-corrected chi connectivity index (χ3v) is 4.66. The number of ether oxygens (including phenoxy) is 2. The monoisotopic (exact) mass is 424 g/mol. The maximum absolute atomic E-state index is 12.6. The molecule has 0 radical (unpaired) electrons. The molecule has 0 aromatic heterocycles.